The number of para-hydroxylation sites is 1. The summed E-state index contributed by atoms with van der Waals surface area (Å²) in [6.07, 6.45) is 1.80. The normalized spacial score (nSPS) is 15.5. The molecule has 0 fully saturated rings. The highest BCUT2D eigenvalue weighted by Crippen LogP contribution is 2.36. The summed E-state index contributed by atoms with van der Waals surface area (Å²) < 4.78 is 26.8. The number of carbonyl (C=O) groups excluding carboxylic acids is 2. The van der Waals surface area contributed by atoms with Gasteiger partial charge in [0.15, 0.2) is 5.13 Å². The predicted octanol–water partition coefficient (Wildman–Crippen LogP) is 4.45. The van der Waals surface area contributed by atoms with Gasteiger partial charge in [-0.1, -0.05) is 18.2 Å². The lowest BCUT2D eigenvalue weighted by molar-refractivity contribution is -0.120. The quantitative estimate of drug-likeness (QED) is 0.626. The maximum atomic E-state index is 13.8. The lowest BCUT2D eigenvalue weighted by Crippen LogP contribution is -2.32. The van der Waals surface area contributed by atoms with Crippen LogP contribution < -0.4 is 10.6 Å². The van der Waals surface area contributed by atoms with Crippen LogP contribution in [0.5, 0.6) is 0 Å². The summed E-state index contributed by atoms with van der Waals surface area (Å²) in [7, 11) is 0. The molecular weight excluding hydrogens is 416 g/mol. The Morgan fingerprint density at radius 3 is 2.86 bits per heavy atom. The SMILES string of the molecule is O=C(CC1Sc2ccccc2NC1=O)Nc1ncc(Cc2ccc(F)cc2F)s1. The zero-order chi connectivity index (χ0) is 20.4. The van der Waals surface area contributed by atoms with Gasteiger partial charge in [-0.25, -0.2) is 13.8 Å². The largest absolute Gasteiger partial charge is 0.324 e. The molecule has 2 amide bonds. The van der Waals surface area contributed by atoms with Crippen LogP contribution in [0, 0.1) is 11.6 Å². The van der Waals surface area contributed by atoms with Gasteiger partial charge in [-0.2, -0.15) is 0 Å². The van der Waals surface area contributed by atoms with Crippen LogP contribution in [0.2, 0.25) is 0 Å². The van der Waals surface area contributed by atoms with Gasteiger partial charge in [-0.05, 0) is 23.8 Å². The first-order valence-corrected chi connectivity index (χ1v) is 10.4. The average Bonchev–Trinajstić information content (AvgIpc) is 3.11. The fraction of sp³-hybridized carbons (Fsp3) is 0.150. The van der Waals surface area contributed by atoms with E-state index in [0.717, 1.165) is 21.5 Å². The first kappa shape index (κ1) is 19.5. The highest BCUT2D eigenvalue weighted by molar-refractivity contribution is 8.01. The number of thioether (sulfide) groups is 1. The number of aromatic nitrogens is 1. The summed E-state index contributed by atoms with van der Waals surface area (Å²) in [5, 5.41) is 5.33. The molecule has 1 unspecified atom stereocenters. The molecule has 1 atom stereocenters. The monoisotopic (exact) mass is 431 g/mol. The Morgan fingerprint density at radius 2 is 2.03 bits per heavy atom. The van der Waals surface area contributed by atoms with Gasteiger partial charge in [0.2, 0.25) is 11.8 Å². The van der Waals surface area contributed by atoms with E-state index in [9.17, 15) is 18.4 Å². The van der Waals surface area contributed by atoms with Crippen molar-refractivity contribution < 1.29 is 18.4 Å². The smallest absolute Gasteiger partial charge is 0.238 e. The van der Waals surface area contributed by atoms with E-state index in [1.807, 2.05) is 24.3 Å². The second-order valence-corrected chi connectivity index (χ2v) is 8.75. The molecule has 3 aromatic rings. The summed E-state index contributed by atoms with van der Waals surface area (Å²) in [5.41, 5.74) is 1.10. The van der Waals surface area contributed by atoms with E-state index in [2.05, 4.69) is 15.6 Å². The number of hydrogen-bond donors (Lipinski definition) is 2. The van der Waals surface area contributed by atoms with Crippen LogP contribution in [-0.2, 0) is 16.0 Å². The Kier molecular flexibility index (Phi) is 5.59. The molecule has 0 radical (unpaired) electrons. The van der Waals surface area contributed by atoms with E-state index < -0.39 is 16.9 Å². The van der Waals surface area contributed by atoms with Crippen molar-refractivity contribution in [3.05, 3.63) is 70.7 Å². The fourth-order valence-electron chi connectivity index (χ4n) is 2.87. The van der Waals surface area contributed by atoms with Crippen LogP contribution in [0.25, 0.3) is 0 Å². The average molecular weight is 431 g/mol. The second-order valence-electron chi connectivity index (χ2n) is 6.39. The summed E-state index contributed by atoms with van der Waals surface area (Å²) in [6.45, 7) is 0. The lowest BCUT2D eigenvalue weighted by atomic mass is 10.1. The van der Waals surface area contributed by atoms with E-state index in [1.165, 1.54) is 35.2 Å². The van der Waals surface area contributed by atoms with Crippen molar-refractivity contribution >= 4 is 45.7 Å². The number of benzene rings is 2. The molecule has 1 aliphatic heterocycles. The maximum Gasteiger partial charge on any atom is 0.238 e. The molecule has 0 bridgehead atoms. The summed E-state index contributed by atoms with van der Waals surface area (Å²) in [4.78, 5) is 30.4. The Bertz CT molecular complexity index is 1090. The number of fused-ring (bicyclic) bond motifs is 1. The molecule has 0 saturated heterocycles. The molecular formula is C20H15F2N3O2S2. The molecule has 0 spiro atoms. The number of anilines is 2. The third-order valence-corrected chi connectivity index (χ3v) is 6.45. The highest BCUT2D eigenvalue weighted by atomic mass is 32.2. The highest BCUT2D eigenvalue weighted by Gasteiger charge is 2.29. The van der Waals surface area contributed by atoms with Crippen LogP contribution in [0.3, 0.4) is 0 Å². The van der Waals surface area contributed by atoms with Gasteiger partial charge in [0.1, 0.15) is 11.6 Å². The van der Waals surface area contributed by atoms with Gasteiger partial charge >= 0.3 is 0 Å². The molecule has 1 aromatic heterocycles. The fourth-order valence-corrected chi connectivity index (χ4v) is 4.83. The van der Waals surface area contributed by atoms with Crippen molar-refractivity contribution in [2.45, 2.75) is 23.0 Å². The summed E-state index contributed by atoms with van der Waals surface area (Å²) in [6, 6.07) is 10.9. The van der Waals surface area contributed by atoms with E-state index in [4.69, 9.17) is 0 Å². The summed E-state index contributed by atoms with van der Waals surface area (Å²) >= 11 is 2.56. The molecule has 4 rings (SSSR count). The molecule has 148 valence electrons. The lowest BCUT2D eigenvalue weighted by Gasteiger charge is -2.23. The van der Waals surface area contributed by atoms with Crippen LogP contribution in [0.4, 0.5) is 19.6 Å². The van der Waals surface area contributed by atoms with Crippen LogP contribution in [-0.4, -0.2) is 22.0 Å². The summed E-state index contributed by atoms with van der Waals surface area (Å²) in [5.74, 6) is -1.79. The molecule has 5 nitrogen and oxygen atoms in total. The van der Waals surface area contributed by atoms with Crippen LogP contribution in [0.1, 0.15) is 16.9 Å². The van der Waals surface area contributed by atoms with Gasteiger partial charge in [0.25, 0.3) is 0 Å². The Labute approximate surface area is 173 Å². The number of hydrogen-bond acceptors (Lipinski definition) is 5. The second kappa shape index (κ2) is 8.30. The number of nitrogens with zero attached hydrogens (tertiary/aromatic N) is 1. The van der Waals surface area contributed by atoms with Gasteiger partial charge < -0.3 is 10.6 Å². The first-order chi connectivity index (χ1) is 14.0. The number of thiazole rings is 1. The number of rotatable bonds is 5. The Morgan fingerprint density at radius 1 is 1.21 bits per heavy atom. The van der Waals surface area contributed by atoms with Gasteiger partial charge in [0.05, 0.1) is 10.9 Å². The van der Waals surface area contributed by atoms with E-state index >= 15 is 0 Å². The molecule has 29 heavy (non-hydrogen) atoms. The number of amides is 2. The number of nitrogens with one attached hydrogen (secondary N) is 2. The molecule has 2 aromatic carbocycles. The predicted molar refractivity (Wildman–Crippen MR) is 109 cm³/mol. The zero-order valence-corrected chi connectivity index (χ0v) is 16.6. The minimum Gasteiger partial charge on any atom is -0.324 e. The third-order valence-electron chi connectivity index (χ3n) is 4.26. The van der Waals surface area contributed by atoms with E-state index in [1.54, 1.807) is 6.20 Å². The molecule has 2 N–H and O–H groups in total. The van der Waals surface area contributed by atoms with Crippen molar-refractivity contribution in [3.8, 4) is 0 Å². The minimum atomic E-state index is -0.629. The van der Waals surface area contributed by atoms with Crippen LogP contribution in [0.15, 0.2) is 53.6 Å². The van der Waals surface area contributed by atoms with Crippen molar-refractivity contribution in [2.24, 2.45) is 0 Å². The Balaban J connectivity index is 1.36. The van der Waals surface area contributed by atoms with Gasteiger partial charge in [-0.3, -0.25) is 9.59 Å². The molecule has 1 aliphatic rings. The van der Waals surface area contributed by atoms with E-state index in [0.29, 0.717) is 10.7 Å². The van der Waals surface area contributed by atoms with Crippen molar-refractivity contribution in [1.29, 1.82) is 0 Å². The van der Waals surface area contributed by atoms with Crippen molar-refractivity contribution in [1.82, 2.24) is 4.98 Å². The van der Waals surface area contributed by atoms with Gasteiger partial charge in [-0.15, -0.1) is 23.1 Å². The van der Waals surface area contributed by atoms with Crippen molar-refractivity contribution in [2.75, 3.05) is 10.6 Å². The molecule has 2 heterocycles. The first-order valence-electron chi connectivity index (χ1n) is 8.73. The number of halogens is 2. The standard InChI is InChI=1S/C20H15F2N3O2S2/c21-12-6-5-11(14(22)8-12)7-13-10-23-20(28-13)25-18(26)9-17-19(27)24-15-3-1-2-4-16(15)29-17/h1-6,8,10,17H,7,9H2,(H,24,27)(H,23,25,26). The van der Waals surface area contributed by atoms with Gasteiger partial charge in [0, 0.05) is 34.9 Å². The van der Waals surface area contributed by atoms with Crippen LogP contribution >= 0.6 is 23.1 Å². The topological polar surface area (TPSA) is 71.1 Å². The molecule has 9 heteroatoms. The third kappa shape index (κ3) is 4.63. The minimum absolute atomic E-state index is 0.00629. The maximum absolute atomic E-state index is 13.8. The number of carbonyl (C=O) groups is 2. The molecule has 0 saturated carbocycles. The zero-order valence-electron chi connectivity index (χ0n) is 14.9. The van der Waals surface area contributed by atoms with Crippen molar-refractivity contribution in [3.63, 3.8) is 0 Å². The molecule has 0 aliphatic carbocycles. The van der Waals surface area contributed by atoms with E-state index in [-0.39, 0.29) is 24.7 Å². The Hall–Kier alpha value is -2.78.